The van der Waals surface area contributed by atoms with Crippen molar-refractivity contribution in [1.29, 1.82) is 0 Å². The molecule has 1 aromatic carbocycles. The van der Waals surface area contributed by atoms with Gasteiger partial charge in [0.15, 0.2) is 11.5 Å². The maximum Gasteiger partial charge on any atom is 0.308 e. The maximum atomic E-state index is 12.2. The van der Waals surface area contributed by atoms with Crippen LogP contribution in [0.5, 0.6) is 11.5 Å². The first-order chi connectivity index (χ1) is 11.7. The normalized spacial score (nSPS) is 22.8. The van der Waals surface area contributed by atoms with Crippen molar-refractivity contribution in [3.8, 4) is 11.5 Å². The van der Waals surface area contributed by atoms with E-state index < -0.39 is 11.9 Å². The molecule has 25 heavy (non-hydrogen) atoms. The molecule has 0 aliphatic carbocycles. The van der Waals surface area contributed by atoms with Gasteiger partial charge < -0.3 is 19.9 Å². The van der Waals surface area contributed by atoms with Gasteiger partial charge in [0.05, 0.1) is 12.5 Å². The van der Waals surface area contributed by atoms with Gasteiger partial charge in [-0.2, -0.15) is 0 Å². The van der Waals surface area contributed by atoms with Crippen LogP contribution in [0.2, 0.25) is 0 Å². The number of nitrogens with zero attached hydrogens (tertiary/aromatic N) is 1. The number of hydrogen-bond acceptors (Lipinski definition) is 5. The number of aliphatic carboxylic acids is 1. The fourth-order valence-electron chi connectivity index (χ4n) is 3.41. The van der Waals surface area contributed by atoms with Gasteiger partial charge in [-0.3, -0.25) is 14.5 Å². The van der Waals surface area contributed by atoms with Crippen LogP contribution in [0.4, 0.5) is 0 Å². The van der Waals surface area contributed by atoms with Crippen LogP contribution >= 0.6 is 0 Å². The minimum absolute atomic E-state index is 0.0945. The smallest absolute Gasteiger partial charge is 0.308 e. The summed E-state index contributed by atoms with van der Waals surface area (Å²) in [4.78, 5) is 25.7. The molecule has 0 bridgehead atoms. The molecule has 1 saturated heterocycles. The third kappa shape index (κ3) is 4.04. The number of benzene rings is 1. The first kappa shape index (κ1) is 17.5. The number of carbonyl (C=O) groups is 2. The van der Waals surface area contributed by atoms with Crippen molar-refractivity contribution in [2.24, 2.45) is 5.92 Å². The van der Waals surface area contributed by atoms with Gasteiger partial charge in [-0.15, -0.1) is 0 Å². The highest BCUT2D eigenvalue weighted by Crippen LogP contribution is 2.39. The second kappa shape index (κ2) is 6.55. The molecule has 0 saturated carbocycles. The largest absolute Gasteiger partial charge is 0.481 e. The fraction of sp³-hybridized carbons (Fsp3) is 0.556. The number of carbonyl (C=O) groups excluding carboxylic acids is 1. The molecule has 0 aromatic heterocycles. The van der Waals surface area contributed by atoms with Crippen LogP contribution in [-0.2, 0) is 9.59 Å². The monoisotopic (exact) mass is 348 g/mol. The van der Waals surface area contributed by atoms with E-state index in [4.69, 9.17) is 9.47 Å². The number of hydrogen-bond donors (Lipinski definition) is 2. The Labute approximate surface area is 146 Å². The van der Waals surface area contributed by atoms with Crippen LogP contribution < -0.4 is 14.8 Å². The highest BCUT2D eigenvalue weighted by atomic mass is 16.7. The van der Waals surface area contributed by atoms with Crippen molar-refractivity contribution in [3.05, 3.63) is 23.8 Å². The Morgan fingerprint density at radius 2 is 1.96 bits per heavy atom. The molecule has 1 amide bonds. The van der Waals surface area contributed by atoms with Crippen LogP contribution in [0, 0.1) is 5.92 Å². The first-order valence-corrected chi connectivity index (χ1v) is 8.38. The van der Waals surface area contributed by atoms with Crippen LogP contribution in [0.25, 0.3) is 0 Å². The number of ether oxygens (including phenoxy) is 2. The molecule has 7 heteroatoms. The number of likely N-dealkylation sites (tertiary alicyclic amines) is 1. The summed E-state index contributed by atoms with van der Waals surface area (Å²) in [5, 5.41) is 12.5. The lowest BCUT2D eigenvalue weighted by atomic mass is 9.89. The second-order valence-corrected chi connectivity index (χ2v) is 7.66. The number of rotatable bonds is 4. The van der Waals surface area contributed by atoms with E-state index in [2.05, 4.69) is 5.32 Å². The summed E-state index contributed by atoms with van der Waals surface area (Å²) in [6.07, 6.45) is 0. The van der Waals surface area contributed by atoms with Crippen molar-refractivity contribution >= 4 is 11.9 Å². The Balaban J connectivity index is 1.73. The number of fused-ring (bicyclic) bond motifs is 1. The van der Waals surface area contributed by atoms with Crippen LogP contribution in [-0.4, -0.2) is 53.8 Å². The molecule has 0 unspecified atom stereocenters. The van der Waals surface area contributed by atoms with E-state index in [0.717, 1.165) is 5.56 Å². The lowest BCUT2D eigenvalue weighted by Gasteiger charge is -2.23. The van der Waals surface area contributed by atoms with Crippen molar-refractivity contribution < 1.29 is 24.2 Å². The molecule has 2 heterocycles. The van der Waals surface area contributed by atoms with Crippen LogP contribution in [0.15, 0.2) is 18.2 Å². The zero-order valence-corrected chi connectivity index (χ0v) is 14.7. The van der Waals surface area contributed by atoms with Crippen LogP contribution in [0.3, 0.4) is 0 Å². The van der Waals surface area contributed by atoms with Crippen molar-refractivity contribution in [2.45, 2.75) is 32.2 Å². The van der Waals surface area contributed by atoms with E-state index in [0.29, 0.717) is 24.6 Å². The highest BCUT2D eigenvalue weighted by Gasteiger charge is 2.39. The van der Waals surface area contributed by atoms with Gasteiger partial charge in [0.2, 0.25) is 12.7 Å². The molecular weight excluding hydrogens is 324 g/mol. The zero-order chi connectivity index (χ0) is 18.2. The highest BCUT2D eigenvalue weighted by molar-refractivity contribution is 5.79. The maximum absolute atomic E-state index is 12.2. The molecule has 2 atom stereocenters. The number of amides is 1. The fourth-order valence-corrected chi connectivity index (χ4v) is 3.41. The predicted molar refractivity (Wildman–Crippen MR) is 90.8 cm³/mol. The number of nitrogens with one attached hydrogen (secondary N) is 1. The molecule has 3 rings (SSSR count). The van der Waals surface area contributed by atoms with E-state index in [1.54, 1.807) is 0 Å². The van der Waals surface area contributed by atoms with E-state index in [1.165, 1.54) is 0 Å². The summed E-state index contributed by atoms with van der Waals surface area (Å²) in [7, 11) is 0. The zero-order valence-electron chi connectivity index (χ0n) is 14.7. The molecule has 7 nitrogen and oxygen atoms in total. The Morgan fingerprint density at radius 3 is 2.64 bits per heavy atom. The summed E-state index contributed by atoms with van der Waals surface area (Å²) in [5.41, 5.74) is 0.593. The number of carboxylic acids is 1. The van der Waals surface area contributed by atoms with Gasteiger partial charge in [-0.25, -0.2) is 0 Å². The van der Waals surface area contributed by atoms with E-state index in [9.17, 15) is 14.7 Å². The Morgan fingerprint density at radius 1 is 1.24 bits per heavy atom. The minimum Gasteiger partial charge on any atom is -0.481 e. The predicted octanol–water partition coefficient (Wildman–Crippen LogP) is 1.43. The molecule has 2 N–H and O–H groups in total. The summed E-state index contributed by atoms with van der Waals surface area (Å²) < 4.78 is 10.7. The Kier molecular flexibility index (Phi) is 4.60. The Bertz CT molecular complexity index is 683. The molecule has 1 aromatic rings. The molecule has 2 aliphatic rings. The summed E-state index contributed by atoms with van der Waals surface area (Å²) in [5.74, 6) is -0.359. The summed E-state index contributed by atoms with van der Waals surface area (Å²) >= 11 is 0. The lowest BCUT2D eigenvalue weighted by molar-refractivity contribution is -0.141. The quantitative estimate of drug-likeness (QED) is 0.856. The second-order valence-electron chi connectivity index (χ2n) is 7.66. The number of carboxylic acid groups (broad SMARTS) is 1. The van der Waals surface area contributed by atoms with Crippen molar-refractivity contribution in [2.75, 3.05) is 26.4 Å². The molecule has 136 valence electrons. The minimum atomic E-state index is -0.846. The molecule has 0 spiro atoms. The topological polar surface area (TPSA) is 88.1 Å². The molecule has 2 aliphatic heterocycles. The van der Waals surface area contributed by atoms with E-state index in [1.807, 2.05) is 43.9 Å². The van der Waals surface area contributed by atoms with Gasteiger partial charge >= 0.3 is 5.97 Å². The van der Waals surface area contributed by atoms with E-state index in [-0.39, 0.29) is 30.7 Å². The van der Waals surface area contributed by atoms with Gasteiger partial charge in [-0.05, 0) is 38.5 Å². The van der Waals surface area contributed by atoms with Gasteiger partial charge in [0.25, 0.3) is 0 Å². The van der Waals surface area contributed by atoms with Crippen LogP contribution in [0.1, 0.15) is 32.3 Å². The van der Waals surface area contributed by atoms with Gasteiger partial charge in [0, 0.05) is 24.5 Å². The SMILES string of the molecule is CC(C)(C)NC(=O)CN1C[C@@H](C(=O)O)[C@H](c2ccc3c(c2)OCO3)C1. The molecular formula is C18H24N2O5. The van der Waals surface area contributed by atoms with E-state index >= 15 is 0 Å². The summed E-state index contributed by atoms with van der Waals surface area (Å²) in [6.45, 7) is 7.02. The molecule has 1 fully saturated rings. The third-order valence-corrected chi connectivity index (χ3v) is 4.42. The first-order valence-electron chi connectivity index (χ1n) is 8.38. The third-order valence-electron chi connectivity index (χ3n) is 4.42. The lowest BCUT2D eigenvalue weighted by Crippen LogP contribution is -2.45. The average molecular weight is 348 g/mol. The summed E-state index contributed by atoms with van der Waals surface area (Å²) in [6, 6.07) is 5.54. The molecule has 0 radical (unpaired) electrons. The standard InChI is InChI=1S/C18H24N2O5/c1-18(2,3)19-16(21)9-20-7-12(13(8-20)17(22)23)11-4-5-14-15(6-11)25-10-24-14/h4-6,12-13H,7-10H2,1-3H3,(H,19,21)(H,22,23)/t12-,13+/m0/s1. The van der Waals surface area contributed by atoms with Crippen molar-refractivity contribution in [3.63, 3.8) is 0 Å². The van der Waals surface area contributed by atoms with Gasteiger partial charge in [-0.1, -0.05) is 6.07 Å². The Hall–Kier alpha value is -2.28. The van der Waals surface area contributed by atoms with Gasteiger partial charge in [0.1, 0.15) is 0 Å². The van der Waals surface area contributed by atoms with Crippen molar-refractivity contribution in [1.82, 2.24) is 10.2 Å². The average Bonchev–Trinajstić information content (AvgIpc) is 3.10.